The topological polar surface area (TPSA) is 81.8 Å². The summed E-state index contributed by atoms with van der Waals surface area (Å²) in [6.45, 7) is 1.27. The van der Waals surface area contributed by atoms with E-state index in [0.29, 0.717) is 38.0 Å². The van der Waals surface area contributed by atoms with E-state index in [2.05, 4.69) is 10.6 Å². The molecule has 4 amide bonds. The molecule has 132 valence electrons. The molecule has 2 unspecified atom stereocenters. The van der Waals surface area contributed by atoms with Crippen molar-refractivity contribution in [2.24, 2.45) is 0 Å². The van der Waals surface area contributed by atoms with Crippen LogP contribution in [-0.4, -0.2) is 64.9 Å². The standard InChI is InChI=1S/C17H26N4O3/c22-14(20-9-6-12-4-5-13(10-20)18-12)11-21-15(23)17(19-16(21)24)7-2-1-3-8-17/h12-13,18H,1-11H2,(H,19,24). The highest BCUT2D eigenvalue weighted by Gasteiger charge is 2.51. The number of rotatable bonds is 2. The second-order valence-corrected chi connectivity index (χ2v) is 7.73. The van der Waals surface area contributed by atoms with Crippen LogP contribution in [0.1, 0.15) is 51.4 Å². The maximum Gasteiger partial charge on any atom is 0.325 e. The Hall–Kier alpha value is -1.63. The van der Waals surface area contributed by atoms with Gasteiger partial charge in [0.2, 0.25) is 5.91 Å². The number of amides is 4. The summed E-state index contributed by atoms with van der Waals surface area (Å²) < 4.78 is 0. The number of hydrogen-bond donors (Lipinski definition) is 2. The SMILES string of the molecule is O=C(CN1C(=O)NC2(CCCCC2)C1=O)N1CCC2CCC(C1)N2. The zero-order chi connectivity index (χ0) is 16.7. The lowest BCUT2D eigenvalue weighted by Crippen LogP contribution is -2.49. The molecule has 7 heteroatoms. The van der Waals surface area contributed by atoms with Crippen LogP contribution < -0.4 is 10.6 Å². The first kappa shape index (κ1) is 15.9. The monoisotopic (exact) mass is 334 g/mol. The fourth-order valence-electron chi connectivity index (χ4n) is 4.72. The minimum Gasteiger partial charge on any atom is -0.340 e. The average Bonchev–Trinajstić information content (AvgIpc) is 3.00. The van der Waals surface area contributed by atoms with Gasteiger partial charge < -0.3 is 15.5 Å². The smallest absolute Gasteiger partial charge is 0.325 e. The van der Waals surface area contributed by atoms with Gasteiger partial charge in [-0.3, -0.25) is 14.5 Å². The fraction of sp³-hybridized carbons (Fsp3) is 0.824. The third-order valence-electron chi connectivity index (χ3n) is 6.12. The van der Waals surface area contributed by atoms with Crippen molar-refractivity contribution in [2.75, 3.05) is 19.6 Å². The molecule has 7 nitrogen and oxygen atoms in total. The van der Waals surface area contributed by atoms with Crippen molar-refractivity contribution >= 4 is 17.8 Å². The first-order chi connectivity index (χ1) is 11.6. The predicted octanol–water partition coefficient (Wildman–Crippen LogP) is 0.594. The minimum absolute atomic E-state index is 0.110. The molecule has 0 radical (unpaired) electrons. The zero-order valence-corrected chi connectivity index (χ0v) is 14.1. The van der Waals surface area contributed by atoms with E-state index in [1.165, 1.54) is 6.42 Å². The molecule has 1 spiro atoms. The Labute approximate surface area is 142 Å². The summed E-state index contributed by atoms with van der Waals surface area (Å²) in [7, 11) is 0. The van der Waals surface area contributed by atoms with E-state index in [4.69, 9.17) is 0 Å². The Morgan fingerprint density at radius 3 is 2.62 bits per heavy atom. The number of carbonyl (C=O) groups is 3. The number of fused-ring (bicyclic) bond motifs is 2. The van der Waals surface area contributed by atoms with Gasteiger partial charge in [0.05, 0.1) is 0 Å². The summed E-state index contributed by atoms with van der Waals surface area (Å²) in [4.78, 5) is 40.7. The van der Waals surface area contributed by atoms with E-state index in [1.807, 2.05) is 4.90 Å². The third-order valence-corrected chi connectivity index (χ3v) is 6.12. The van der Waals surface area contributed by atoms with Gasteiger partial charge in [0.25, 0.3) is 5.91 Å². The lowest BCUT2D eigenvalue weighted by molar-refractivity contribution is -0.139. The summed E-state index contributed by atoms with van der Waals surface area (Å²) in [6, 6.07) is 0.467. The third kappa shape index (κ3) is 2.68. The van der Waals surface area contributed by atoms with Crippen LogP contribution in [0.15, 0.2) is 0 Å². The Kier molecular flexibility index (Phi) is 3.98. The Morgan fingerprint density at radius 1 is 1.08 bits per heavy atom. The van der Waals surface area contributed by atoms with Crippen molar-refractivity contribution in [3.05, 3.63) is 0 Å². The minimum atomic E-state index is -0.741. The Balaban J connectivity index is 1.42. The highest BCUT2D eigenvalue weighted by atomic mass is 16.2. The molecular weight excluding hydrogens is 308 g/mol. The van der Waals surface area contributed by atoms with E-state index in [-0.39, 0.29) is 18.4 Å². The van der Waals surface area contributed by atoms with Crippen molar-refractivity contribution in [2.45, 2.75) is 69.0 Å². The summed E-state index contributed by atoms with van der Waals surface area (Å²) in [5.41, 5.74) is -0.741. The Morgan fingerprint density at radius 2 is 1.83 bits per heavy atom. The molecule has 4 fully saturated rings. The Bertz CT molecular complexity index is 558. The largest absolute Gasteiger partial charge is 0.340 e. The molecule has 3 saturated heterocycles. The summed E-state index contributed by atoms with van der Waals surface area (Å²) >= 11 is 0. The van der Waals surface area contributed by atoms with Crippen LogP contribution in [0.3, 0.4) is 0 Å². The molecule has 24 heavy (non-hydrogen) atoms. The van der Waals surface area contributed by atoms with Gasteiger partial charge >= 0.3 is 6.03 Å². The molecule has 3 heterocycles. The van der Waals surface area contributed by atoms with Crippen LogP contribution >= 0.6 is 0 Å². The molecule has 4 rings (SSSR count). The second kappa shape index (κ2) is 6.02. The van der Waals surface area contributed by atoms with Gasteiger partial charge in [0.1, 0.15) is 12.1 Å². The van der Waals surface area contributed by atoms with Gasteiger partial charge in [-0.05, 0) is 32.1 Å². The highest BCUT2D eigenvalue weighted by Crippen LogP contribution is 2.33. The summed E-state index contributed by atoms with van der Waals surface area (Å²) in [6.07, 6.45) is 7.63. The van der Waals surface area contributed by atoms with Crippen LogP contribution in [-0.2, 0) is 9.59 Å². The van der Waals surface area contributed by atoms with E-state index in [0.717, 1.165) is 37.0 Å². The fourth-order valence-corrected chi connectivity index (χ4v) is 4.72. The lowest BCUT2D eigenvalue weighted by atomic mass is 9.82. The normalized spacial score (nSPS) is 32.2. The second-order valence-electron chi connectivity index (χ2n) is 7.73. The van der Waals surface area contributed by atoms with Crippen molar-refractivity contribution in [3.63, 3.8) is 0 Å². The van der Waals surface area contributed by atoms with E-state index in [1.54, 1.807) is 0 Å². The highest BCUT2D eigenvalue weighted by molar-refractivity contribution is 6.09. The number of imide groups is 1. The quantitative estimate of drug-likeness (QED) is 0.725. The van der Waals surface area contributed by atoms with E-state index < -0.39 is 11.6 Å². The number of carbonyl (C=O) groups excluding carboxylic acids is 3. The van der Waals surface area contributed by atoms with Crippen LogP contribution in [0.25, 0.3) is 0 Å². The zero-order valence-electron chi connectivity index (χ0n) is 14.1. The maximum atomic E-state index is 12.8. The van der Waals surface area contributed by atoms with Crippen molar-refractivity contribution in [1.29, 1.82) is 0 Å². The van der Waals surface area contributed by atoms with Gasteiger partial charge in [0.15, 0.2) is 0 Å². The number of nitrogens with one attached hydrogen (secondary N) is 2. The molecule has 3 aliphatic heterocycles. The molecule has 1 aliphatic carbocycles. The number of hydrogen-bond acceptors (Lipinski definition) is 4. The van der Waals surface area contributed by atoms with Crippen LogP contribution in [0.2, 0.25) is 0 Å². The first-order valence-electron chi connectivity index (χ1n) is 9.25. The molecule has 0 aromatic carbocycles. The molecule has 0 aromatic heterocycles. The molecule has 4 aliphatic rings. The van der Waals surface area contributed by atoms with Crippen LogP contribution in [0.4, 0.5) is 4.79 Å². The van der Waals surface area contributed by atoms with Crippen molar-refractivity contribution < 1.29 is 14.4 Å². The van der Waals surface area contributed by atoms with Gasteiger partial charge in [-0.25, -0.2) is 4.79 Å². The molecule has 2 atom stereocenters. The summed E-state index contributed by atoms with van der Waals surface area (Å²) in [5, 5.41) is 6.41. The molecule has 2 N–H and O–H groups in total. The van der Waals surface area contributed by atoms with Crippen LogP contribution in [0.5, 0.6) is 0 Å². The van der Waals surface area contributed by atoms with Crippen molar-refractivity contribution in [1.82, 2.24) is 20.4 Å². The number of urea groups is 1. The van der Waals surface area contributed by atoms with E-state index >= 15 is 0 Å². The molecule has 1 saturated carbocycles. The molecule has 2 bridgehead atoms. The van der Waals surface area contributed by atoms with Gasteiger partial charge in [-0.1, -0.05) is 19.3 Å². The van der Waals surface area contributed by atoms with Gasteiger partial charge in [-0.2, -0.15) is 0 Å². The molecular formula is C17H26N4O3. The molecule has 0 aromatic rings. The summed E-state index contributed by atoms with van der Waals surface area (Å²) in [5.74, 6) is -0.310. The number of nitrogens with zero attached hydrogens (tertiary/aromatic N) is 2. The van der Waals surface area contributed by atoms with Gasteiger partial charge in [-0.15, -0.1) is 0 Å². The number of likely N-dealkylation sites (tertiary alicyclic amines) is 1. The lowest BCUT2D eigenvalue weighted by Gasteiger charge is -2.30. The van der Waals surface area contributed by atoms with Gasteiger partial charge in [0, 0.05) is 25.2 Å². The van der Waals surface area contributed by atoms with E-state index in [9.17, 15) is 14.4 Å². The van der Waals surface area contributed by atoms with Crippen molar-refractivity contribution in [3.8, 4) is 0 Å². The maximum absolute atomic E-state index is 12.8. The average molecular weight is 334 g/mol. The first-order valence-corrected chi connectivity index (χ1v) is 9.25. The van der Waals surface area contributed by atoms with Crippen LogP contribution in [0, 0.1) is 0 Å². The predicted molar refractivity (Wildman–Crippen MR) is 87.2 cm³/mol.